The number of hydrogen-bond acceptors (Lipinski definition) is 8. The number of carbonyl (C=O) groups is 6. The smallest absolute Gasteiger partial charge is 0.235 e. The molecule has 1 aliphatic heterocycles. The molecule has 4 rings (SSSR count). The lowest BCUT2D eigenvalue weighted by molar-refractivity contribution is -0.143. The van der Waals surface area contributed by atoms with Gasteiger partial charge in [0.05, 0.1) is 38.3 Å². The molecule has 0 aromatic heterocycles. The van der Waals surface area contributed by atoms with E-state index in [9.17, 15) is 28.8 Å². The molecule has 0 radical (unpaired) electrons. The number of imide groups is 1. The predicted molar refractivity (Wildman–Crippen MR) is 188 cm³/mol. The SMILES string of the molecule is CC1(C2CCCCC2)CC(=O)N(CCC(=O)NCCOCCOCCC(=O)Nc2ccc(CCC(=O)NCCC(=O)C3CCCC3)cc2)C1=O. The minimum atomic E-state index is -0.637. The third-order valence-electron chi connectivity index (χ3n) is 10.4. The van der Waals surface area contributed by atoms with Crippen molar-refractivity contribution in [3.05, 3.63) is 29.8 Å². The zero-order valence-electron chi connectivity index (χ0n) is 29.7. The number of nitrogens with one attached hydrogen (secondary N) is 3. The molecule has 12 heteroatoms. The van der Waals surface area contributed by atoms with Crippen LogP contribution in [0.3, 0.4) is 0 Å². The van der Waals surface area contributed by atoms with Crippen molar-refractivity contribution in [2.75, 3.05) is 51.4 Å². The molecule has 1 aromatic rings. The van der Waals surface area contributed by atoms with Crippen LogP contribution >= 0.6 is 0 Å². The van der Waals surface area contributed by atoms with Crippen molar-refractivity contribution in [2.45, 2.75) is 103 Å². The average Bonchev–Trinajstić information content (AvgIpc) is 3.73. The highest BCUT2D eigenvalue weighted by molar-refractivity contribution is 6.06. The Bertz CT molecular complexity index is 1310. The largest absolute Gasteiger partial charge is 0.379 e. The first-order valence-corrected chi connectivity index (χ1v) is 18.6. The van der Waals surface area contributed by atoms with E-state index in [2.05, 4.69) is 16.0 Å². The molecule has 12 nitrogen and oxygen atoms in total. The summed E-state index contributed by atoms with van der Waals surface area (Å²) in [6.45, 7) is 3.86. The Hall–Kier alpha value is -3.64. The third-order valence-corrected chi connectivity index (χ3v) is 10.4. The fraction of sp³-hybridized carbons (Fsp3) is 0.684. The van der Waals surface area contributed by atoms with E-state index in [4.69, 9.17) is 9.47 Å². The fourth-order valence-corrected chi connectivity index (χ4v) is 7.34. The number of amides is 5. The Morgan fingerprint density at radius 2 is 1.38 bits per heavy atom. The highest BCUT2D eigenvalue weighted by Gasteiger charge is 2.52. The van der Waals surface area contributed by atoms with Gasteiger partial charge in [-0.05, 0) is 62.6 Å². The van der Waals surface area contributed by atoms with E-state index in [1.165, 1.54) is 11.3 Å². The second-order valence-electron chi connectivity index (χ2n) is 14.1. The number of anilines is 1. The van der Waals surface area contributed by atoms with Gasteiger partial charge in [0, 0.05) is 56.9 Å². The molecule has 3 aliphatic rings. The van der Waals surface area contributed by atoms with Crippen LogP contribution in [0.2, 0.25) is 0 Å². The van der Waals surface area contributed by atoms with Gasteiger partial charge in [-0.1, -0.05) is 44.2 Å². The Morgan fingerprint density at radius 3 is 2.10 bits per heavy atom. The van der Waals surface area contributed by atoms with Crippen LogP contribution in [0, 0.1) is 17.3 Å². The molecule has 2 aliphatic carbocycles. The zero-order valence-corrected chi connectivity index (χ0v) is 29.7. The number of carbonyl (C=O) groups excluding carboxylic acids is 6. The maximum atomic E-state index is 13.1. The number of nitrogens with zero attached hydrogens (tertiary/aromatic N) is 1. The normalized spacial score (nSPS) is 19.9. The van der Waals surface area contributed by atoms with Gasteiger partial charge in [0.15, 0.2) is 0 Å². The quantitative estimate of drug-likeness (QED) is 0.128. The molecular weight excluding hydrogens is 640 g/mol. The minimum absolute atomic E-state index is 0.0668. The van der Waals surface area contributed by atoms with Gasteiger partial charge in [0.2, 0.25) is 29.5 Å². The van der Waals surface area contributed by atoms with Gasteiger partial charge in [-0.2, -0.15) is 0 Å². The highest BCUT2D eigenvalue weighted by Crippen LogP contribution is 2.46. The number of aryl methyl sites for hydroxylation is 1. The molecule has 1 aromatic carbocycles. The first kappa shape index (κ1) is 39.2. The number of likely N-dealkylation sites (tertiary alicyclic amines) is 1. The lowest BCUT2D eigenvalue weighted by atomic mass is 9.69. The molecule has 1 unspecified atom stereocenters. The Balaban J connectivity index is 0.963. The van der Waals surface area contributed by atoms with Crippen molar-refractivity contribution in [2.24, 2.45) is 17.3 Å². The van der Waals surface area contributed by atoms with E-state index in [0.717, 1.165) is 56.9 Å². The molecule has 3 fully saturated rings. The number of hydrogen-bond donors (Lipinski definition) is 3. The van der Waals surface area contributed by atoms with Gasteiger partial charge in [-0.15, -0.1) is 0 Å². The summed E-state index contributed by atoms with van der Waals surface area (Å²) in [6, 6.07) is 7.37. The summed E-state index contributed by atoms with van der Waals surface area (Å²) in [4.78, 5) is 75.8. The van der Waals surface area contributed by atoms with Crippen molar-refractivity contribution < 1.29 is 38.2 Å². The standard InChI is InChI=1S/C38H56N4O8/c1-38(30-9-3-2-4-10-30)27-36(47)42(37(38)48)22-18-34(45)40-21-24-50-26-25-49-23-19-35(46)41-31-14-11-28(12-15-31)13-16-33(44)39-20-17-32(43)29-7-5-6-8-29/h11-12,14-15,29-30H,2-10,13,16-27H2,1H3,(H,39,44)(H,40,45)(H,41,46). The van der Waals surface area contributed by atoms with Crippen molar-refractivity contribution in [3.63, 3.8) is 0 Å². The summed E-state index contributed by atoms with van der Waals surface area (Å²) in [5.74, 6) is -0.109. The van der Waals surface area contributed by atoms with Crippen molar-refractivity contribution in [1.29, 1.82) is 0 Å². The van der Waals surface area contributed by atoms with Crippen LogP contribution in [-0.2, 0) is 44.7 Å². The molecule has 3 N–H and O–H groups in total. The second-order valence-corrected chi connectivity index (χ2v) is 14.1. The van der Waals surface area contributed by atoms with Gasteiger partial charge in [0.25, 0.3) is 0 Å². The lowest BCUT2D eigenvalue weighted by Crippen LogP contribution is -2.40. The van der Waals surface area contributed by atoms with Gasteiger partial charge >= 0.3 is 0 Å². The summed E-state index contributed by atoms with van der Waals surface area (Å²) in [5, 5.41) is 8.44. The van der Waals surface area contributed by atoms with E-state index in [1.807, 2.05) is 19.1 Å². The average molecular weight is 697 g/mol. The summed E-state index contributed by atoms with van der Waals surface area (Å²) in [7, 11) is 0. The van der Waals surface area contributed by atoms with Crippen LogP contribution in [0.25, 0.3) is 0 Å². The van der Waals surface area contributed by atoms with E-state index < -0.39 is 5.41 Å². The van der Waals surface area contributed by atoms with Gasteiger partial charge < -0.3 is 25.4 Å². The molecule has 0 bridgehead atoms. The molecule has 50 heavy (non-hydrogen) atoms. The maximum Gasteiger partial charge on any atom is 0.235 e. The molecule has 2 saturated carbocycles. The number of Topliss-reactive ketones (excluding diaryl/α,β-unsaturated/α-hetero) is 1. The van der Waals surface area contributed by atoms with Gasteiger partial charge in [-0.3, -0.25) is 33.7 Å². The van der Waals surface area contributed by atoms with Gasteiger partial charge in [-0.25, -0.2) is 0 Å². The highest BCUT2D eigenvalue weighted by atomic mass is 16.5. The second kappa shape index (κ2) is 20.3. The molecule has 276 valence electrons. The van der Waals surface area contributed by atoms with E-state index >= 15 is 0 Å². The summed E-state index contributed by atoms with van der Waals surface area (Å²) < 4.78 is 11.0. The Labute approximate surface area is 296 Å². The van der Waals surface area contributed by atoms with Crippen LogP contribution in [0.5, 0.6) is 0 Å². The first-order chi connectivity index (χ1) is 24.2. The number of benzene rings is 1. The van der Waals surface area contributed by atoms with Crippen LogP contribution in [0.1, 0.15) is 102 Å². The lowest BCUT2D eigenvalue weighted by Gasteiger charge is -2.34. The zero-order chi connectivity index (χ0) is 35.8. The first-order valence-electron chi connectivity index (χ1n) is 18.6. The third kappa shape index (κ3) is 12.3. The number of rotatable bonds is 21. The summed E-state index contributed by atoms with van der Waals surface area (Å²) in [5.41, 5.74) is 1.01. The molecular formula is C38H56N4O8. The topological polar surface area (TPSA) is 160 Å². The maximum absolute atomic E-state index is 13.1. The van der Waals surface area contributed by atoms with Crippen LogP contribution in [0.15, 0.2) is 24.3 Å². The Morgan fingerprint density at radius 1 is 0.740 bits per heavy atom. The molecule has 5 amide bonds. The van der Waals surface area contributed by atoms with E-state index in [-0.39, 0.29) is 79.6 Å². The fourth-order valence-electron chi connectivity index (χ4n) is 7.34. The van der Waals surface area contributed by atoms with E-state index in [1.54, 1.807) is 12.1 Å². The monoisotopic (exact) mass is 696 g/mol. The number of ketones is 1. The Kier molecular flexibility index (Phi) is 15.9. The van der Waals surface area contributed by atoms with E-state index in [0.29, 0.717) is 57.9 Å². The van der Waals surface area contributed by atoms with Crippen molar-refractivity contribution >= 4 is 41.0 Å². The minimum Gasteiger partial charge on any atom is -0.379 e. The van der Waals surface area contributed by atoms with Crippen LogP contribution in [0.4, 0.5) is 5.69 Å². The predicted octanol–water partition coefficient (Wildman–Crippen LogP) is 4.10. The molecule has 0 spiro atoms. The molecule has 1 saturated heterocycles. The van der Waals surface area contributed by atoms with Crippen LogP contribution in [-0.4, -0.2) is 86.3 Å². The van der Waals surface area contributed by atoms with Gasteiger partial charge in [0.1, 0.15) is 5.78 Å². The molecule has 1 heterocycles. The van der Waals surface area contributed by atoms with Crippen molar-refractivity contribution in [1.82, 2.24) is 15.5 Å². The number of ether oxygens (including phenoxy) is 2. The summed E-state index contributed by atoms with van der Waals surface area (Å²) >= 11 is 0. The summed E-state index contributed by atoms with van der Waals surface area (Å²) in [6.07, 6.45) is 11.4. The van der Waals surface area contributed by atoms with Crippen molar-refractivity contribution in [3.8, 4) is 0 Å². The molecule has 1 atom stereocenters. The van der Waals surface area contributed by atoms with Crippen LogP contribution < -0.4 is 16.0 Å².